The van der Waals surface area contributed by atoms with Crippen molar-refractivity contribution in [2.24, 2.45) is 0 Å². The van der Waals surface area contributed by atoms with Gasteiger partial charge in [-0.1, -0.05) is 6.58 Å². The number of phosphoric acid groups is 1. The van der Waals surface area contributed by atoms with Crippen LogP contribution in [0.4, 0.5) is 0 Å². The van der Waals surface area contributed by atoms with Crippen molar-refractivity contribution in [1.82, 2.24) is 0 Å². The lowest BCUT2D eigenvalue weighted by atomic mass is 10.7. The van der Waals surface area contributed by atoms with Crippen LogP contribution in [0, 0.1) is 0 Å². The van der Waals surface area contributed by atoms with Gasteiger partial charge in [0.25, 0.3) is 0 Å². The van der Waals surface area contributed by atoms with Crippen LogP contribution >= 0.6 is 7.82 Å². The van der Waals surface area contributed by atoms with Gasteiger partial charge in [0.05, 0.1) is 46.8 Å². The average molecular weight is 334 g/mol. The van der Waals surface area contributed by atoms with Crippen molar-refractivity contribution in [3.05, 3.63) is 12.7 Å². The Kier molecular flexibility index (Phi) is 22.9. The van der Waals surface area contributed by atoms with Crippen LogP contribution in [0.15, 0.2) is 12.7 Å². The van der Waals surface area contributed by atoms with Gasteiger partial charge in [-0.15, -0.1) is 0 Å². The molecule has 21 heavy (non-hydrogen) atoms. The van der Waals surface area contributed by atoms with Gasteiger partial charge in [0.2, 0.25) is 0 Å². The van der Waals surface area contributed by atoms with E-state index in [1.165, 1.54) is 7.11 Å². The van der Waals surface area contributed by atoms with Crippen molar-refractivity contribution < 1.29 is 48.5 Å². The molecule has 0 aromatic rings. The third-order valence-electron chi connectivity index (χ3n) is 1.21. The van der Waals surface area contributed by atoms with Crippen molar-refractivity contribution in [2.75, 3.05) is 46.8 Å². The number of hydrogen-bond acceptors (Lipinski definition) is 7. The quantitative estimate of drug-likeness (QED) is 0.151. The van der Waals surface area contributed by atoms with Gasteiger partial charge >= 0.3 is 13.8 Å². The highest BCUT2D eigenvalue weighted by atomic mass is 31.2. The van der Waals surface area contributed by atoms with E-state index in [2.05, 4.69) is 11.3 Å². The Morgan fingerprint density at radius 3 is 1.52 bits per heavy atom. The maximum Gasteiger partial charge on any atom is 0.466 e. The largest absolute Gasteiger partial charge is 0.466 e. The zero-order valence-electron chi connectivity index (χ0n) is 11.8. The van der Waals surface area contributed by atoms with Gasteiger partial charge in [0, 0.05) is 6.08 Å². The van der Waals surface area contributed by atoms with Crippen LogP contribution in [-0.2, 0) is 23.6 Å². The Morgan fingerprint density at radius 2 is 1.38 bits per heavy atom. The fraction of sp³-hybridized carbons (Fsp3) is 0.700. The molecule has 0 amide bonds. The molecule has 11 heteroatoms. The van der Waals surface area contributed by atoms with E-state index in [0.717, 1.165) is 6.08 Å². The molecule has 0 spiro atoms. The molecular formula is C10H23O10P. The second-order valence-electron chi connectivity index (χ2n) is 2.91. The smallest absolute Gasteiger partial charge is 0.466 e. The minimum Gasteiger partial charge on any atom is -0.466 e. The van der Waals surface area contributed by atoms with E-state index < -0.39 is 13.8 Å². The third kappa shape index (κ3) is 54.7. The monoisotopic (exact) mass is 334 g/mol. The van der Waals surface area contributed by atoms with E-state index in [1.54, 1.807) is 0 Å². The summed E-state index contributed by atoms with van der Waals surface area (Å²) >= 11 is 0. The maximum atomic E-state index is 9.84. The molecule has 0 aliphatic heterocycles. The van der Waals surface area contributed by atoms with Gasteiger partial charge in [-0.25, -0.2) is 9.36 Å². The maximum absolute atomic E-state index is 9.84. The van der Waals surface area contributed by atoms with Crippen molar-refractivity contribution in [3.63, 3.8) is 0 Å². The zero-order valence-corrected chi connectivity index (χ0v) is 12.6. The number of esters is 1. The minimum atomic E-state index is -4.64. The summed E-state index contributed by atoms with van der Waals surface area (Å²) in [4.78, 5) is 31.4. The summed E-state index contributed by atoms with van der Waals surface area (Å²) in [7, 11) is -3.33. The topological polar surface area (TPSA) is 163 Å². The molecule has 0 rings (SSSR count). The molecule has 0 aromatic carbocycles. The van der Waals surface area contributed by atoms with E-state index in [4.69, 9.17) is 38.9 Å². The zero-order chi connectivity index (χ0) is 17.1. The Balaban J connectivity index is -0.000000252. The van der Waals surface area contributed by atoms with E-state index >= 15 is 0 Å². The highest BCUT2D eigenvalue weighted by molar-refractivity contribution is 7.45. The summed E-state index contributed by atoms with van der Waals surface area (Å²) in [6, 6.07) is 0. The number of hydrogen-bond donors (Lipinski definition) is 5. The molecule has 0 aliphatic rings. The molecule has 0 aromatic heterocycles. The second-order valence-corrected chi connectivity index (χ2v) is 3.94. The molecular weight excluding hydrogens is 311 g/mol. The lowest BCUT2D eigenvalue weighted by Crippen LogP contribution is -2.09. The lowest BCUT2D eigenvalue weighted by molar-refractivity contribution is -0.134. The normalized spacial score (nSPS) is 9.62. The number of carbonyl (C=O) groups excluding carboxylic acids is 1. The van der Waals surface area contributed by atoms with Gasteiger partial charge < -0.3 is 39.1 Å². The third-order valence-corrected chi connectivity index (χ3v) is 1.21. The predicted octanol–water partition coefficient (Wildman–Crippen LogP) is -1.58. The molecule has 128 valence electrons. The number of rotatable bonds is 8. The second kappa shape index (κ2) is 19.2. The van der Waals surface area contributed by atoms with E-state index in [9.17, 15) is 4.79 Å². The molecule has 0 saturated heterocycles. The molecule has 10 nitrogen and oxygen atoms in total. The molecule has 0 bridgehead atoms. The highest BCUT2D eigenvalue weighted by Gasteiger charge is 2.00. The first-order valence-corrected chi connectivity index (χ1v) is 7.15. The number of carbonyl (C=O) groups is 1. The molecule has 0 fully saturated rings. The first kappa shape index (κ1) is 25.1. The van der Waals surface area contributed by atoms with Crippen molar-refractivity contribution >= 4 is 13.8 Å². The van der Waals surface area contributed by atoms with Crippen LogP contribution in [0.25, 0.3) is 0 Å². The van der Waals surface area contributed by atoms with Gasteiger partial charge in [-0.05, 0) is 0 Å². The lowest BCUT2D eigenvalue weighted by Gasteiger charge is -2.01. The first-order valence-electron chi connectivity index (χ1n) is 5.58. The Bertz CT molecular complexity index is 261. The fourth-order valence-corrected chi connectivity index (χ4v) is 0.534. The average Bonchev–Trinajstić information content (AvgIpc) is 2.40. The molecule has 0 atom stereocenters. The molecule has 0 aliphatic carbocycles. The van der Waals surface area contributed by atoms with Crippen LogP contribution in [0.3, 0.4) is 0 Å². The summed E-state index contributed by atoms with van der Waals surface area (Å²) in [6.07, 6.45) is 1.11. The summed E-state index contributed by atoms with van der Waals surface area (Å²) in [5.74, 6) is -0.394. The number of aliphatic hydroxyl groups excluding tert-OH is 2. The molecule has 0 heterocycles. The first-order chi connectivity index (χ1) is 9.72. The van der Waals surface area contributed by atoms with Gasteiger partial charge in [0.15, 0.2) is 0 Å². The van der Waals surface area contributed by atoms with Crippen molar-refractivity contribution in [1.29, 1.82) is 0 Å². The number of methoxy groups -OCH3 is 1. The predicted molar refractivity (Wildman–Crippen MR) is 72.3 cm³/mol. The molecule has 0 radical (unpaired) electrons. The summed E-state index contributed by atoms with van der Waals surface area (Å²) in [6.45, 7) is 4.89. The molecule has 5 N–H and O–H groups in total. The summed E-state index contributed by atoms with van der Waals surface area (Å²) < 4.78 is 22.8. The highest BCUT2D eigenvalue weighted by Crippen LogP contribution is 2.25. The fourth-order valence-electron chi connectivity index (χ4n) is 0.534. The van der Waals surface area contributed by atoms with E-state index in [1.807, 2.05) is 0 Å². The summed E-state index contributed by atoms with van der Waals surface area (Å²) in [5.41, 5.74) is 0. The van der Waals surface area contributed by atoms with Crippen LogP contribution < -0.4 is 0 Å². The van der Waals surface area contributed by atoms with Crippen LogP contribution in [0.2, 0.25) is 0 Å². The van der Waals surface area contributed by atoms with E-state index in [0.29, 0.717) is 26.4 Å². The Hall–Kier alpha value is -0.840. The number of aliphatic hydroxyl groups is 2. The van der Waals surface area contributed by atoms with Gasteiger partial charge in [-0.2, -0.15) is 0 Å². The number of ether oxygens (including phenoxy) is 3. The molecule has 0 saturated carbocycles. The summed E-state index contributed by atoms with van der Waals surface area (Å²) in [5, 5.41) is 16.5. The SMILES string of the molecule is C=CC(=O)OC.O=P(O)(O)O.OCCOCCOCCO. The standard InChI is InChI=1S/C6H14O4.C4H6O2.H3O4P/c7-1-3-9-5-6-10-4-2-8;1-3-4(5)6-2;1-5(2,3)4/h7-8H,1-6H2;3H,1H2,2H3;(H3,1,2,3,4). The Labute approximate surface area is 122 Å². The Morgan fingerprint density at radius 1 is 1.05 bits per heavy atom. The van der Waals surface area contributed by atoms with Gasteiger partial charge in [-0.3, -0.25) is 0 Å². The minimum absolute atomic E-state index is 0.0417. The van der Waals surface area contributed by atoms with E-state index in [-0.39, 0.29) is 13.2 Å². The van der Waals surface area contributed by atoms with Crippen molar-refractivity contribution in [3.8, 4) is 0 Å². The van der Waals surface area contributed by atoms with Crippen molar-refractivity contribution in [2.45, 2.75) is 0 Å². The van der Waals surface area contributed by atoms with Gasteiger partial charge in [0.1, 0.15) is 0 Å². The van der Waals surface area contributed by atoms with Crippen LogP contribution in [0.5, 0.6) is 0 Å². The van der Waals surface area contributed by atoms with Crippen LogP contribution in [0.1, 0.15) is 0 Å². The molecule has 0 unspecified atom stereocenters. The van der Waals surface area contributed by atoms with Crippen LogP contribution in [-0.4, -0.2) is 77.6 Å².